The van der Waals surface area contributed by atoms with Crippen molar-refractivity contribution in [2.24, 2.45) is 5.41 Å². The third-order valence-electron chi connectivity index (χ3n) is 1.87. The van der Waals surface area contributed by atoms with Gasteiger partial charge in [0.15, 0.2) is 6.29 Å². The highest BCUT2D eigenvalue weighted by molar-refractivity contribution is 5.57. The lowest BCUT2D eigenvalue weighted by molar-refractivity contribution is 0.335. The normalized spacial score (nSPS) is 15.8. The van der Waals surface area contributed by atoms with Crippen LogP contribution in [0.5, 0.6) is 0 Å². The van der Waals surface area contributed by atoms with Gasteiger partial charge in [0, 0.05) is 6.42 Å². The maximum atomic E-state index is 10.0. The van der Waals surface area contributed by atoms with Crippen molar-refractivity contribution >= 4 is 12.5 Å². The van der Waals surface area contributed by atoms with Gasteiger partial charge in [-0.25, -0.2) is 0 Å². The summed E-state index contributed by atoms with van der Waals surface area (Å²) in [6, 6.07) is 0. The molecule has 0 spiro atoms. The molecule has 0 aromatic rings. The Bertz CT molecular complexity index is 110. The minimum atomic E-state index is -0.0799. The van der Waals surface area contributed by atoms with Gasteiger partial charge in [-0.2, -0.15) is 0 Å². The third kappa shape index (κ3) is 2.76. The van der Waals surface area contributed by atoms with Gasteiger partial charge < -0.3 is 5.41 Å². The Balaban J connectivity index is 3.92. The van der Waals surface area contributed by atoms with E-state index in [4.69, 9.17) is 5.41 Å². The average Bonchev–Trinajstić information content (AvgIpc) is 1.89. The zero-order valence-corrected chi connectivity index (χ0v) is 6.53. The number of carbonyl (C=O) groups excluding carboxylic acids is 1. The quantitative estimate of drug-likeness (QED) is 0.580. The van der Waals surface area contributed by atoms with Gasteiger partial charge in [0.1, 0.15) is 0 Å². The summed E-state index contributed by atoms with van der Waals surface area (Å²) in [5.74, 6) is 0. The lowest BCUT2D eigenvalue weighted by atomic mass is 9.82. The number of hydrogen-bond acceptors (Lipinski definition) is 2. The van der Waals surface area contributed by atoms with Crippen LogP contribution in [0.2, 0.25) is 0 Å². The minimum absolute atomic E-state index is 0.0799. The summed E-state index contributed by atoms with van der Waals surface area (Å²) in [5, 5.41) is 6.76. The standard InChI is InChI=1S/C8H13NO/c1-3-8(2,4-6-9)5-7-10/h9H,3-5H2,1-2H3. The Morgan fingerprint density at radius 2 is 2.10 bits per heavy atom. The summed E-state index contributed by atoms with van der Waals surface area (Å²) < 4.78 is 0. The third-order valence-corrected chi connectivity index (χ3v) is 1.87. The highest BCUT2D eigenvalue weighted by Crippen LogP contribution is 2.27. The van der Waals surface area contributed by atoms with Crippen LogP contribution in [0.1, 0.15) is 33.1 Å². The number of rotatable bonds is 5. The first-order valence-electron chi connectivity index (χ1n) is 3.43. The fourth-order valence-corrected chi connectivity index (χ4v) is 0.700. The Morgan fingerprint density at radius 1 is 1.50 bits per heavy atom. The van der Waals surface area contributed by atoms with E-state index < -0.39 is 0 Å². The number of nitrogens with one attached hydrogen (secondary N) is 1. The van der Waals surface area contributed by atoms with E-state index in [-0.39, 0.29) is 5.41 Å². The van der Waals surface area contributed by atoms with E-state index in [1.807, 2.05) is 20.1 Å². The molecular formula is C8H13NO. The van der Waals surface area contributed by atoms with Crippen LogP contribution >= 0.6 is 0 Å². The molecule has 56 valence electrons. The molecule has 2 nitrogen and oxygen atoms in total. The van der Waals surface area contributed by atoms with Crippen molar-refractivity contribution in [3.05, 3.63) is 0 Å². The van der Waals surface area contributed by atoms with Gasteiger partial charge in [0.05, 0.1) is 6.21 Å². The second-order valence-electron chi connectivity index (χ2n) is 2.84. The molecule has 0 aliphatic heterocycles. The van der Waals surface area contributed by atoms with Crippen LogP contribution in [0.3, 0.4) is 0 Å². The summed E-state index contributed by atoms with van der Waals surface area (Å²) in [6.07, 6.45) is 6.05. The Labute approximate surface area is 62.1 Å². The Kier molecular flexibility index (Phi) is 3.93. The molecule has 0 aromatic carbocycles. The Hall–Kier alpha value is -0.660. The van der Waals surface area contributed by atoms with Crippen molar-refractivity contribution in [3.8, 4) is 0 Å². The van der Waals surface area contributed by atoms with Gasteiger partial charge in [-0.15, -0.1) is 0 Å². The van der Waals surface area contributed by atoms with Crippen LogP contribution in [-0.4, -0.2) is 12.5 Å². The molecule has 0 amide bonds. The summed E-state index contributed by atoms with van der Waals surface area (Å²) in [7, 11) is 0. The van der Waals surface area contributed by atoms with E-state index in [9.17, 15) is 4.79 Å². The highest BCUT2D eigenvalue weighted by Gasteiger charge is 2.20. The van der Waals surface area contributed by atoms with E-state index in [1.54, 1.807) is 0 Å². The van der Waals surface area contributed by atoms with Gasteiger partial charge in [-0.1, -0.05) is 13.8 Å². The maximum Gasteiger partial charge on any atom is 0.198 e. The van der Waals surface area contributed by atoms with Crippen LogP contribution in [0.4, 0.5) is 0 Å². The topological polar surface area (TPSA) is 40.9 Å². The zero-order valence-electron chi connectivity index (χ0n) is 6.53. The van der Waals surface area contributed by atoms with E-state index >= 15 is 0 Å². The van der Waals surface area contributed by atoms with Gasteiger partial charge in [0.25, 0.3) is 0 Å². The smallest absolute Gasteiger partial charge is 0.198 e. The molecule has 0 fully saturated rings. The van der Waals surface area contributed by atoms with Gasteiger partial charge in [-0.05, 0) is 18.3 Å². The van der Waals surface area contributed by atoms with E-state index in [0.717, 1.165) is 6.42 Å². The summed E-state index contributed by atoms with van der Waals surface area (Å²) in [5.41, 5.74) is -0.0799. The van der Waals surface area contributed by atoms with E-state index in [1.165, 1.54) is 0 Å². The molecule has 0 saturated carbocycles. The molecule has 0 aromatic heterocycles. The lowest BCUT2D eigenvalue weighted by Crippen LogP contribution is -2.15. The van der Waals surface area contributed by atoms with Crippen molar-refractivity contribution in [1.29, 1.82) is 5.41 Å². The first-order valence-corrected chi connectivity index (χ1v) is 3.43. The maximum absolute atomic E-state index is 10.0. The summed E-state index contributed by atoms with van der Waals surface area (Å²) >= 11 is 0. The molecule has 10 heavy (non-hydrogen) atoms. The van der Waals surface area contributed by atoms with Gasteiger partial charge in [0.2, 0.25) is 0 Å². The fourth-order valence-electron chi connectivity index (χ4n) is 0.700. The Morgan fingerprint density at radius 3 is 2.40 bits per heavy atom. The summed E-state index contributed by atoms with van der Waals surface area (Å²) in [6.45, 7) is 3.98. The average molecular weight is 139 g/mol. The van der Waals surface area contributed by atoms with Crippen molar-refractivity contribution in [3.63, 3.8) is 0 Å². The summed E-state index contributed by atoms with van der Waals surface area (Å²) in [4.78, 5) is 10.0. The molecule has 0 bridgehead atoms. The van der Waals surface area contributed by atoms with Crippen molar-refractivity contribution in [2.75, 3.05) is 0 Å². The van der Waals surface area contributed by atoms with E-state index in [0.29, 0.717) is 12.8 Å². The molecule has 1 unspecified atom stereocenters. The fraction of sp³-hybridized carbons (Fsp3) is 0.750. The molecule has 1 atom stereocenters. The predicted octanol–water partition coefficient (Wildman–Crippen LogP) is 1.82. The SMILES string of the molecule is CCC(C)(C[C]=N)C[C]=O. The number of hydrogen-bond donors (Lipinski definition) is 1. The van der Waals surface area contributed by atoms with Crippen LogP contribution < -0.4 is 0 Å². The predicted molar refractivity (Wildman–Crippen MR) is 41.1 cm³/mol. The van der Waals surface area contributed by atoms with E-state index in [2.05, 4.69) is 6.21 Å². The van der Waals surface area contributed by atoms with Crippen molar-refractivity contribution in [2.45, 2.75) is 33.1 Å². The van der Waals surface area contributed by atoms with Crippen LogP contribution in [0.25, 0.3) is 0 Å². The van der Waals surface area contributed by atoms with Gasteiger partial charge in [-0.3, -0.25) is 4.79 Å². The molecule has 0 aliphatic carbocycles. The highest BCUT2D eigenvalue weighted by atomic mass is 16.1. The van der Waals surface area contributed by atoms with Gasteiger partial charge >= 0.3 is 0 Å². The van der Waals surface area contributed by atoms with Crippen molar-refractivity contribution < 1.29 is 4.79 Å². The van der Waals surface area contributed by atoms with Crippen LogP contribution in [0, 0.1) is 10.8 Å². The molecule has 1 N–H and O–H groups in total. The minimum Gasteiger partial charge on any atom is -0.303 e. The molecule has 0 aliphatic rings. The monoisotopic (exact) mass is 139 g/mol. The molecule has 0 saturated heterocycles. The second-order valence-corrected chi connectivity index (χ2v) is 2.84. The molecular weight excluding hydrogens is 126 g/mol. The molecule has 0 rings (SSSR count). The molecule has 2 radical (unpaired) electrons. The van der Waals surface area contributed by atoms with Crippen LogP contribution in [0.15, 0.2) is 0 Å². The molecule has 0 heterocycles. The molecule has 2 heteroatoms. The first-order chi connectivity index (χ1) is 4.68. The largest absolute Gasteiger partial charge is 0.303 e. The lowest BCUT2D eigenvalue weighted by Gasteiger charge is -2.22. The zero-order chi connectivity index (χ0) is 8.04. The second kappa shape index (κ2) is 4.20. The van der Waals surface area contributed by atoms with Crippen molar-refractivity contribution in [1.82, 2.24) is 0 Å². The van der Waals surface area contributed by atoms with Crippen LogP contribution in [-0.2, 0) is 4.79 Å². The first kappa shape index (κ1) is 9.34.